The van der Waals surface area contributed by atoms with E-state index in [1.54, 1.807) is 36.6 Å². The molecule has 0 saturated heterocycles. The van der Waals surface area contributed by atoms with E-state index in [2.05, 4.69) is 37.6 Å². The smallest absolute Gasteiger partial charge is 0.257 e. The molecular weight excluding hydrogens is 482 g/mol. The van der Waals surface area contributed by atoms with Crippen molar-refractivity contribution < 1.29 is 9.53 Å². The molecule has 4 rings (SSSR count). The average Bonchev–Trinajstić information content (AvgIpc) is 3.18. The van der Waals surface area contributed by atoms with E-state index in [1.165, 1.54) is 0 Å². The Balaban J connectivity index is 1.46. The number of nitrogens with one attached hydrogen (secondary N) is 2. The number of hydrogen-bond donors (Lipinski definition) is 2. The van der Waals surface area contributed by atoms with E-state index in [9.17, 15) is 4.79 Å². The lowest BCUT2D eigenvalue weighted by atomic mass is 10.2. The van der Waals surface area contributed by atoms with Crippen molar-refractivity contribution in [1.82, 2.24) is 10.3 Å². The Morgan fingerprint density at radius 2 is 1.93 bits per heavy atom. The number of nitrogens with zero attached hydrogens (tertiary/aromatic N) is 1. The van der Waals surface area contributed by atoms with Crippen LogP contribution in [0.3, 0.4) is 0 Å². The normalized spacial score (nSPS) is 10.6. The minimum absolute atomic E-state index is 0.216. The zero-order chi connectivity index (χ0) is 21.1. The highest BCUT2D eigenvalue weighted by Gasteiger charge is 2.12. The van der Waals surface area contributed by atoms with Gasteiger partial charge in [-0.3, -0.25) is 10.1 Å². The third-order valence-electron chi connectivity index (χ3n) is 4.30. The van der Waals surface area contributed by atoms with Crippen molar-refractivity contribution in [2.24, 2.45) is 0 Å². The Bertz CT molecular complexity index is 1220. The number of benzene rings is 3. The molecule has 1 heterocycles. The molecule has 0 spiro atoms. The van der Waals surface area contributed by atoms with Crippen LogP contribution in [0.25, 0.3) is 20.8 Å². The minimum Gasteiger partial charge on any atom is -0.496 e. The van der Waals surface area contributed by atoms with Gasteiger partial charge in [0.15, 0.2) is 5.11 Å². The molecule has 0 saturated carbocycles. The Morgan fingerprint density at radius 3 is 2.70 bits per heavy atom. The third-order valence-corrected chi connectivity index (χ3v) is 6.21. The van der Waals surface area contributed by atoms with Gasteiger partial charge in [-0.2, -0.15) is 0 Å². The van der Waals surface area contributed by atoms with E-state index in [-0.39, 0.29) is 11.0 Å². The van der Waals surface area contributed by atoms with E-state index < -0.39 is 0 Å². The number of ether oxygens (including phenoxy) is 1. The van der Waals surface area contributed by atoms with Crippen LogP contribution in [0.15, 0.2) is 71.2 Å². The highest BCUT2D eigenvalue weighted by Crippen LogP contribution is 2.31. The molecule has 0 aliphatic heterocycles. The van der Waals surface area contributed by atoms with Crippen molar-refractivity contribution in [1.29, 1.82) is 0 Å². The van der Waals surface area contributed by atoms with Gasteiger partial charge in [-0.1, -0.05) is 24.3 Å². The van der Waals surface area contributed by atoms with Gasteiger partial charge in [0.25, 0.3) is 5.91 Å². The summed E-state index contributed by atoms with van der Waals surface area (Å²) in [4.78, 5) is 17.2. The second-order valence-corrected chi connectivity index (χ2v) is 8.62. The summed E-state index contributed by atoms with van der Waals surface area (Å²) in [6.07, 6.45) is 0. The molecule has 0 atom stereocenters. The van der Waals surface area contributed by atoms with Crippen LogP contribution in [0, 0.1) is 0 Å². The summed E-state index contributed by atoms with van der Waals surface area (Å²) in [5, 5.41) is 6.91. The van der Waals surface area contributed by atoms with E-state index in [0.717, 1.165) is 26.5 Å². The first-order valence-corrected chi connectivity index (χ1v) is 11.0. The minimum atomic E-state index is -0.307. The number of anilines is 1. The number of thiocarbonyl (C=S) groups is 1. The molecule has 0 fully saturated rings. The first kappa shape index (κ1) is 20.5. The number of methoxy groups -OCH3 is 1. The maximum Gasteiger partial charge on any atom is 0.257 e. The lowest BCUT2D eigenvalue weighted by Crippen LogP contribution is -2.34. The van der Waals surface area contributed by atoms with Crippen LogP contribution in [-0.2, 0) is 0 Å². The number of para-hydroxylation sites is 1. The number of aromatic nitrogens is 1. The maximum atomic E-state index is 12.5. The predicted octanol–water partition coefficient (Wildman–Crippen LogP) is 5.86. The van der Waals surface area contributed by atoms with E-state index in [0.29, 0.717) is 15.8 Å². The molecule has 30 heavy (non-hydrogen) atoms. The van der Waals surface area contributed by atoms with Gasteiger partial charge in [-0.25, -0.2) is 4.98 Å². The van der Waals surface area contributed by atoms with Crippen molar-refractivity contribution in [2.75, 3.05) is 12.4 Å². The van der Waals surface area contributed by atoms with Crippen LogP contribution in [0.2, 0.25) is 0 Å². The van der Waals surface area contributed by atoms with Crippen LogP contribution in [0.1, 0.15) is 10.4 Å². The third kappa shape index (κ3) is 4.51. The van der Waals surface area contributed by atoms with Gasteiger partial charge in [0.2, 0.25) is 0 Å². The van der Waals surface area contributed by atoms with Crippen molar-refractivity contribution >= 4 is 66.4 Å². The molecule has 0 aliphatic carbocycles. The van der Waals surface area contributed by atoms with Gasteiger partial charge in [0.05, 0.1) is 21.8 Å². The van der Waals surface area contributed by atoms with Crippen molar-refractivity contribution in [3.8, 4) is 16.3 Å². The van der Waals surface area contributed by atoms with Gasteiger partial charge < -0.3 is 10.1 Å². The number of carbonyl (C=O) groups is 1. The molecule has 1 aromatic heterocycles. The van der Waals surface area contributed by atoms with Gasteiger partial charge >= 0.3 is 0 Å². The second kappa shape index (κ2) is 8.91. The molecule has 0 bridgehead atoms. The Labute approximate surface area is 191 Å². The Kier molecular flexibility index (Phi) is 6.08. The molecule has 3 aromatic carbocycles. The number of carbonyl (C=O) groups excluding carboxylic acids is 1. The number of thiazole rings is 1. The van der Waals surface area contributed by atoms with E-state index in [4.69, 9.17) is 17.0 Å². The van der Waals surface area contributed by atoms with E-state index in [1.807, 2.05) is 42.5 Å². The van der Waals surface area contributed by atoms with E-state index >= 15 is 0 Å². The van der Waals surface area contributed by atoms with Gasteiger partial charge in [0.1, 0.15) is 10.8 Å². The summed E-state index contributed by atoms with van der Waals surface area (Å²) < 4.78 is 7.02. The molecule has 2 N–H and O–H groups in total. The van der Waals surface area contributed by atoms with Crippen LogP contribution in [0.5, 0.6) is 5.75 Å². The van der Waals surface area contributed by atoms with Crippen LogP contribution in [0.4, 0.5) is 5.69 Å². The predicted molar refractivity (Wildman–Crippen MR) is 129 cm³/mol. The van der Waals surface area contributed by atoms with Crippen LogP contribution < -0.4 is 15.4 Å². The van der Waals surface area contributed by atoms with Crippen molar-refractivity contribution in [3.63, 3.8) is 0 Å². The zero-order valence-electron chi connectivity index (χ0n) is 15.8. The molecule has 4 aromatic rings. The number of fused-ring (bicyclic) bond motifs is 1. The summed E-state index contributed by atoms with van der Waals surface area (Å²) in [7, 11) is 1.57. The number of rotatable bonds is 4. The quantitative estimate of drug-likeness (QED) is 0.345. The second-order valence-electron chi connectivity index (χ2n) is 6.33. The number of hydrogen-bond acceptors (Lipinski definition) is 5. The fourth-order valence-electron chi connectivity index (χ4n) is 2.87. The summed E-state index contributed by atoms with van der Waals surface area (Å²) in [5.74, 6) is 0.345. The molecule has 0 aliphatic rings. The first-order chi connectivity index (χ1) is 14.5. The summed E-state index contributed by atoms with van der Waals surface area (Å²) in [5.41, 5.74) is 3.20. The first-order valence-electron chi connectivity index (χ1n) is 8.95. The Hall–Kier alpha value is -2.81. The summed E-state index contributed by atoms with van der Waals surface area (Å²) in [6, 6.07) is 20.9. The lowest BCUT2D eigenvalue weighted by Gasteiger charge is -2.11. The molecule has 5 nitrogen and oxygen atoms in total. The Morgan fingerprint density at radius 1 is 1.10 bits per heavy atom. The van der Waals surface area contributed by atoms with Gasteiger partial charge in [-0.15, -0.1) is 11.3 Å². The fourth-order valence-corrected chi connectivity index (χ4v) is 4.58. The highest BCUT2D eigenvalue weighted by atomic mass is 79.9. The summed E-state index contributed by atoms with van der Waals surface area (Å²) >= 11 is 10.3. The van der Waals surface area contributed by atoms with Crippen LogP contribution >= 0.6 is 39.5 Å². The SMILES string of the molecule is COc1ccc(C(=O)NC(=S)Nc2cccc(-c3nc4ccccc4s3)c2)cc1Br. The number of amides is 1. The molecule has 150 valence electrons. The zero-order valence-corrected chi connectivity index (χ0v) is 19.0. The summed E-state index contributed by atoms with van der Waals surface area (Å²) in [6.45, 7) is 0. The van der Waals surface area contributed by atoms with Gasteiger partial charge in [0, 0.05) is 16.8 Å². The highest BCUT2D eigenvalue weighted by molar-refractivity contribution is 9.10. The van der Waals surface area contributed by atoms with Crippen molar-refractivity contribution in [2.45, 2.75) is 0 Å². The van der Waals surface area contributed by atoms with Crippen LogP contribution in [-0.4, -0.2) is 23.1 Å². The molecule has 0 radical (unpaired) electrons. The standard InChI is InChI=1S/C22H16BrN3O2S2/c1-28-18-10-9-13(12-16(18)23)20(27)26-22(29)24-15-6-4-5-14(11-15)21-25-17-7-2-3-8-19(17)30-21/h2-12H,1H3,(H2,24,26,27,29). The largest absolute Gasteiger partial charge is 0.496 e. The topological polar surface area (TPSA) is 63.2 Å². The van der Waals surface area contributed by atoms with Gasteiger partial charge in [-0.05, 0) is 70.6 Å². The average molecular weight is 498 g/mol. The molecular formula is C22H16BrN3O2S2. The maximum absolute atomic E-state index is 12.5. The molecule has 1 amide bonds. The molecule has 0 unspecified atom stereocenters. The molecule has 8 heteroatoms. The fraction of sp³-hybridized carbons (Fsp3) is 0.0455. The number of halogens is 1. The monoisotopic (exact) mass is 497 g/mol. The lowest BCUT2D eigenvalue weighted by molar-refractivity contribution is 0.0977. The van der Waals surface area contributed by atoms with Crippen molar-refractivity contribution in [3.05, 3.63) is 76.8 Å².